The average molecular weight is 282 g/mol. The van der Waals surface area contributed by atoms with E-state index in [9.17, 15) is 22.0 Å². The quantitative estimate of drug-likeness (QED) is 0.769. The SMILES string of the molecule is Cc1cn(CC2CC(F)(F)C2)nc1C(C)C(F)(F)F. The Morgan fingerprint density at radius 2 is 2.00 bits per heavy atom. The molecule has 2 nitrogen and oxygen atoms in total. The van der Waals surface area contributed by atoms with Gasteiger partial charge in [0.05, 0.1) is 11.6 Å². The van der Waals surface area contributed by atoms with Gasteiger partial charge in [-0.05, 0) is 25.3 Å². The van der Waals surface area contributed by atoms with Crippen molar-refractivity contribution >= 4 is 0 Å². The molecule has 7 heteroatoms. The number of hydrogen-bond donors (Lipinski definition) is 0. The van der Waals surface area contributed by atoms with Gasteiger partial charge in [0.2, 0.25) is 5.92 Å². The lowest BCUT2D eigenvalue weighted by Gasteiger charge is -2.34. The van der Waals surface area contributed by atoms with Gasteiger partial charge in [0.25, 0.3) is 0 Å². The Balaban J connectivity index is 2.05. The van der Waals surface area contributed by atoms with Gasteiger partial charge in [0.15, 0.2) is 0 Å². The lowest BCUT2D eigenvalue weighted by atomic mass is 9.81. The predicted molar refractivity (Wildman–Crippen MR) is 59.1 cm³/mol. The first-order chi connectivity index (χ1) is 8.58. The minimum Gasteiger partial charge on any atom is -0.272 e. The summed E-state index contributed by atoms with van der Waals surface area (Å²) >= 11 is 0. The molecule has 1 fully saturated rings. The minimum atomic E-state index is -4.34. The second-order valence-electron chi connectivity index (χ2n) is 5.31. The molecule has 1 unspecified atom stereocenters. The van der Waals surface area contributed by atoms with E-state index in [-0.39, 0.29) is 31.0 Å². The first-order valence-electron chi connectivity index (χ1n) is 6.07. The summed E-state index contributed by atoms with van der Waals surface area (Å²) in [7, 11) is 0. The van der Waals surface area contributed by atoms with Crippen LogP contribution in [-0.4, -0.2) is 21.9 Å². The molecule has 0 amide bonds. The number of aromatic nitrogens is 2. The van der Waals surface area contributed by atoms with Gasteiger partial charge >= 0.3 is 6.18 Å². The Hall–Kier alpha value is -1.14. The summed E-state index contributed by atoms with van der Waals surface area (Å²) < 4.78 is 64.6. The van der Waals surface area contributed by atoms with Crippen molar-refractivity contribution in [2.75, 3.05) is 0 Å². The molecule has 0 spiro atoms. The molecular weight excluding hydrogens is 267 g/mol. The highest BCUT2D eigenvalue weighted by Gasteiger charge is 2.45. The molecule has 1 aromatic rings. The van der Waals surface area contributed by atoms with Crippen molar-refractivity contribution in [3.8, 4) is 0 Å². The van der Waals surface area contributed by atoms with Crippen LogP contribution in [0, 0.1) is 12.8 Å². The van der Waals surface area contributed by atoms with Crippen molar-refractivity contribution in [2.45, 2.75) is 51.3 Å². The van der Waals surface area contributed by atoms with Crippen molar-refractivity contribution in [3.05, 3.63) is 17.5 Å². The van der Waals surface area contributed by atoms with E-state index in [4.69, 9.17) is 0 Å². The molecule has 1 aromatic heterocycles. The summed E-state index contributed by atoms with van der Waals surface area (Å²) in [6, 6.07) is 0. The number of hydrogen-bond acceptors (Lipinski definition) is 1. The van der Waals surface area contributed by atoms with Gasteiger partial charge in [-0.3, -0.25) is 4.68 Å². The standard InChI is InChI=1S/C12H15F5N2/c1-7-5-19(6-9-3-11(13,14)4-9)18-10(7)8(2)12(15,16)17/h5,8-9H,3-4,6H2,1-2H3. The summed E-state index contributed by atoms with van der Waals surface area (Å²) in [5, 5.41) is 3.90. The third kappa shape index (κ3) is 3.06. The molecule has 0 bridgehead atoms. The highest BCUT2D eigenvalue weighted by molar-refractivity contribution is 5.20. The van der Waals surface area contributed by atoms with Gasteiger partial charge < -0.3 is 0 Å². The van der Waals surface area contributed by atoms with Crippen molar-refractivity contribution in [3.63, 3.8) is 0 Å². The van der Waals surface area contributed by atoms with Gasteiger partial charge in [0, 0.05) is 25.6 Å². The van der Waals surface area contributed by atoms with Gasteiger partial charge in [-0.25, -0.2) is 8.78 Å². The second kappa shape index (κ2) is 4.45. The first-order valence-corrected chi connectivity index (χ1v) is 6.07. The van der Waals surface area contributed by atoms with Crippen LogP contribution in [0.1, 0.15) is 36.9 Å². The Morgan fingerprint density at radius 1 is 1.42 bits per heavy atom. The maximum atomic E-state index is 12.7. The first kappa shape index (κ1) is 14.3. The fraction of sp³-hybridized carbons (Fsp3) is 0.750. The summed E-state index contributed by atoms with van der Waals surface area (Å²) in [6.07, 6.45) is -3.27. The van der Waals surface area contributed by atoms with Crippen LogP contribution in [0.25, 0.3) is 0 Å². The monoisotopic (exact) mass is 282 g/mol. The van der Waals surface area contributed by atoms with Crippen LogP contribution in [0.15, 0.2) is 6.20 Å². The molecule has 0 saturated heterocycles. The van der Waals surface area contributed by atoms with E-state index < -0.39 is 18.0 Å². The molecule has 1 saturated carbocycles. The average Bonchev–Trinajstić information content (AvgIpc) is 2.54. The molecular formula is C12H15F5N2. The van der Waals surface area contributed by atoms with Crippen molar-refractivity contribution in [2.24, 2.45) is 5.92 Å². The Kier molecular flexibility index (Phi) is 3.35. The van der Waals surface area contributed by atoms with E-state index in [0.29, 0.717) is 5.56 Å². The third-order valence-electron chi connectivity index (χ3n) is 3.50. The number of alkyl halides is 5. The minimum absolute atomic E-state index is 0.0291. The molecule has 2 rings (SSSR count). The van der Waals surface area contributed by atoms with Crippen LogP contribution in [0.4, 0.5) is 22.0 Å². The van der Waals surface area contributed by atoms with Crippen LogP contribution in [0.3, 0.4) is 0 Å². The maximum absolute atomic E-state index is 12.7. The molecule has 1 atom stereocenters. The van der Waals surface area contributed by atoms with Crippen LogP contribution >= 0.6 is 0 Å². The van der Waals surface area contributed by atoms with Crippen molar-refractivity contribution in [1.82, 2.24) is 9.78 Å². The van der Waals surface area contributed by atoms with Gasteiger partial charge in [0.1, 0.15) is 0 Å². The van der Waals surface area contributed by atoms with Crippen molar-refractivity contribution < 1.29 is 22.0 Å². The molecule has 0 N–H and O–H groups in total. The zero-order chi connectivity index (χ0) is 14.4. The largest absolute Gasteiger partial charge is 0.397 e. The van der Waals surface area contributed by atoms with Gasteiger partial charge in [-0.1, -0.05) is 0 Å². The molecule has 1 aliphatic rings. The zero-order valence-electron chi connectivity index (χ0n) is 10.6. The summed E-state index contributed by atoms with van der Waals surface area (Å²) in [5.41, 5.74) is 0.412. The summed E-state index contributed by atoms with van der Waals surface area (Å²) in [6.45, 7) is 2.86. The number of halogens is 5. The molecule has 0 aliphatic heterocycles. The van der Waals surface area contributed by atoms with Gasteiger partial charge in [-0.2, -0.15) is 18.3 Å². The topological polar surface area (TPSA) is 17.8 Å². The Labute approximate surface area is 107 Å². The molecule has 1 aliphatic carbocycles. The predicted octanol–water partition coefficient (Wildman–Crippen LogP) is 3.90. The highest BCUT2D eigenvalue weighted by atomic mass is 19.4. The highest BCUT2D eigenvalue weighted by Crippen LogP contribution is 2.43. The second-order valence-corrected chi connectivity index (χ2v) is 5.31. The van der Waals surface area contributed by atoms with Crippen LogP contribution in [0.5, 0.6) is 0 Å². The van der Waals surface area contributed by atoms with Gasteiger partial charge in [-0.15, -0.1) is 0 Å². The van der Waals surface area contributed by atoms with E-state index >= 15 is 0 Å². The summed E-state index contributed by atoms with van der Waals surface area (Å²) in [5.74, 6) is -4.46. The lowest BCUT2D eigenvalue weighted by molar-refractivity contribution is -0.147. The van der Waals surface area contributed by atoms with Crippen molar-refractivity contribution in [1.29, 1.82) is 0 Å². The zero-order valence-corrected chi connectivity index (χ0v) is 10.6. The van der Waals surface area contributed by atoms with Crippen LogP contribution < -0.4 is 0 Å². The van der Waals surface area contributed by atoms with E-state index in [0.717, 1.165) is 6.92 Å². The van der Waals surface area contributed by atoms with E-state index in [2.05, 4.69) is 5.10 Å². The molecule has 19 heavy (non-hydrogen) atoms. The van der Waals surface area contributed by atoms with Crippen LogP contribution in [0.2, 0.25) is 0 Å². The molecule has 0 aromatic carbocycles. The number of nitrogens with zero attached hydrogens (tertiary/aromatic N) is 2. The van der Waals surface area contributed by atoms with E-state index in [1.54, 1.807) is 6.92 Å². The lowest BCUT2D eigenvalue weighted by Crippen LogP contribution is -2.37. The Morgan fingerprint density at radius 3 is 2.47 bits per heavy atom. The van der Waals surface area contributed by atoms with E-state index in [1.807, 2.05) is 0 Å². The maximum Gasteiger partial charge on any atom is 0.397 e. The Bertz CT molecular complexity index is 455. The number of rotatable bonds is 3. The fourth-order valence-corrected chi connectivity index (χ4v) is 2.39. The third-order valence-corrected chi connectivity index (χ3v) is 3.50. The molecule has 1 heterocycles. The molecule has 108 valence electrons. The fourth-order valence-electron chi connectivity index (χ4n) is 2.39. The van der Waals surface area contributed by atoms with E-state index in [1.165, 1.54) is 10.9 Å². The van der Waals surface area contributed by atoms with Crippen LogP contribution in [-0.2, 0) is 6.54 Å². The normalized spacial score (nSPS) is 21.2. The number of aryl methyl sites for hydroxylation is 1. The summed E-state index contributed by atoms with van der Waals surface area (Å²) in [4.78, 5) is 0. The smallest absolute Gasteiger partial charge is 0.272 e. The molecule has 0 radical (unpaired) electrons.